The van der Waals surface area contributed by atoms with Gasteiger partial charge in [0.25, 0.3) is 5.91 Å². The number of hydrogen-bond donors (Lipinski definition) is 0. The van der Waals surface area contributed by atoms with Crippen LogP contribution in [-0.4, -0.2) is 22.3 Å². The van der Waals surface area contributed by atoms with Crippen LogP contribution in [0.3, 0.4) is 0 Å². The lowest BCUT2D eigenvalue weighted by Gasteiger charge is -2.28. The molecule has 4 nitrogen and oxygen atoms in total. The third kappa shape index (κ3) is 3.66. The fourth-order valence-corrected chi connectivity index (χ4v) is 3.47. The molecule has 1 saturated heterocycles. The van der Waals surface area contributed by atoms with Crippen molar-refractivity contribution in [2.75, 3.05) is 6.54 Å². The maximum Gasteiger partial charge on any atom is 0.256 e. The van der Waals surface area contributed by atoms with Crippen molar-refractivity contribution in [3.63, 3.8) is 0 Å². The lowest BCUT2D eigenvalue weighted by atomic mass is 10.1. The first kappa shape index (κ1) is 16.2. The number of carbonyl (C=O) groups excluding carboxylic acids is 1. The molecule has 122 valence electrons. The molecule has 5 heteroatoms. The first-order valence-electron chi connectivity index (χ1n) is 8.19. The molecule has 0 N–H and O–H groups in total. The van der Waals surface area contributed by atoms with Gasteiger partial charge >= 0.3 is 0 Å². The number of aryl methyl sites for hydroxylation is 1. The van der Waals surface area contributed by atoms with Crippen LogP contribution < -0.4 is 0 Å². The van der Waals surface area contributed by atoms with Gasteiger partial charge in [-0.1, -0.05) is 19.8 Å². The van der Waals surface area contributed by atoms with Gasteiger partial charge in [-0.05, 0) is 47.0 Å². The van der Waals surface area contributed by atoms with Crippen molar-refractivity contribution >= 4 is 21.8 Å². The molecule has 23 heavy (non-hydrogen) atoms. The second-order valence-corrected chi connectivity index (χ2v) is 6.83. The van der Waals surface area contributed by atoms with Crippen LogP contribution in [0.4, 0.5) is 0 Å². The highest BCUT2D eigenvalue weighted by molar-refractivity contribution is 9.10. The van der Waals surface area contributed by atoms with Gasteiger partial charge in [-0.2, -0.15) is 0 Å². The van der Waals surface area contributed by atoms with Crippen LogP contribution in [0.2, 0.25) is 0 Å². The summed E-state index contributed by atoms with van der Waals surface area (Å²) in [5, 5.41) is 0. The van der Waals surface area contributed by atoms with E-state index in [1.165, 1.54) is 0 Å². The van der Waals surface area contributed by atoms with Gasteiger partial charge in [0.15, 0.2) is 0 Å². The summed E-state index contributed by atoms with van der Waals surface area (Å²) in [7, 11) is 0. The summed E-state index contributed by atoms with van der Waals surface area (Å²) in [6, 6.07) is 5.89. The molecule has 0 radical (unpaired) electrons. The number of nitrogens with zero attached hydrogens (tertiary/aromatic N) is 2. The van der Waals surface area contributed by atoms with E-state index in [1.807, 2.05) is 23.1 Å². The Balaban J connectivity index is 1.90. The van der Waals surface area contributed by atoms with E-state index in [4.69, 9.17) is 4.42 Å². The predicted molar refractivity (Wildman–Crippen MR) is 92.3 cm³/mol. The van der Waals surface area contributed by atoms with Crippen LogP contribution >= 0.6 is 15.9 Å². The molecular formula is C18H21BrN2O2. The number of pyridine rings is 1. The summed E-state index contributed by atoms with van der Waals surface area (Å²) < 4.78 is 6.77. The van der Waals surface area contributed by atoms with Gasteiger partial charge in [-0.15, -0.1) is 0 Å². The van der Waals surface area contributed by atoms with E-state index in [1.54, 1.807) is 12.4 Å². The first-order valence-corrected chi connectivity index (χ1v) is 8.98. The van der Waals surface area contributed by atoms with Gasteiger partial charge < -0.3 is 9.32 Å². The number of aromatic nitrogens is 1. The Morgan fingerprint density at radius 3 is 2.96 bits per heavy atom. The molecule has 0 spiro atoms. The zero-order valence-corrected chi connectivity index (χ0v) is 14.9. The third-order valence-electron chi connectivity index (χ3n) is 4.32. The van der Waals surface area contributed by atoms with Gasteiger partial charge in [0.05, 0.1) is 11.6 Å². The van der Waals surface area contributed by atoms with E-state index in [9.17, 15) is 4.79 Å². The maximum atomic E-state index is 13.0. The van der Waals surface area contributed by atoms with Crippen molar-refractivity contribution < 1.29 is 9.21 Å². The van der Waals surface area contributed by atoms with Crippen molar-refractivity contribution in [1.29, 1.82) is 0 Å². The number of furan rings is 1. The summed E-state index contributed by atoms with van der Waals surface area (Å²) in [6.07, 6.45) is 8.45. The van der Waals surface area contributed by atoms with E-state index in [2.05, 4.69) is 27.8 Å². The van der Waals surface area contributed by atoms with Gasteiger partial charge in [0.1, 0.15) is 11.5 Å². The predicted octanol–water partition coefficient (Wildman–Crippen LogP) is 4.76. The van der Waals surface area contributed by atoms with Crippen LogP contribution in [0, 0.1) is 0 Å². The lowest BCUT2D eigenvalue weighted by molar-refractivity contribution is 0.0656. The molecule has 0 aliphatic carbocycles. The minimum Gasteiger partial charge on any atom is -0.464 e. The highest BCUT2D eigenvalue weighted by Gasteiger charge is 2.29. The van der Waals surface area contributed by atoms with Crippen LogP contribution in [0.5, 0.6) is 0 Å². The Morgan fingerprint density at radius 1 is 1.35 bits per heavy atom. The molecule has 1 fully saturated rings. The molecule has 3 heterocycles. The van der Waals surface area contributed by atoms with Gasteiger partial charge in [0.2, 0.25) is 0 Å². The molecule has 2 aromatic heterocycles. The van der Waals surface area contributed by atoms with Crippen molar-refractivity contribution in [1.82, 2.24) is 9.88 Å². The average Bonchev–Trinajstić information content (AvgIpc) is 2.91. The minimum atomic E-state index is 0.0179. The third-order valence-corrected chi connectivity index (χ3v) is 4.76. The normalized spacial score (nSPS) is 18.7. The van der Waals surface area contributed by atoms with E-state index in [0.29, 0.717) is 5.56 Å². The fourth-order valence-electron chi connectivity index (χ4n) is 3.11. The summed E-state index contributed by atoms with van der Waals surface area (Å²) in [6.45, 7) is 2.84. The van der Waals surface area contributed by atoms with Crippen molar-refractivity contribution in [2.45, 2.75) is 45.1 Å². The summed E-state index contributed by atoms with van der Waals surface area (Å²) in [4.78, 5) is 19.1. The smallest absolute Gasteiger partial charge is 0.256 e. The Hall–Kier alpha value is -1.62. The molecule has 1 amide bonds. The summed E-state index contributed by atoms with van der Waals surface area (Å²) in [5.41, 5.74) is 0.619. The molecule has 3 rings (SSSR count). The Bertz CT molecular complexity index is 683. The number of likely N-dealkylation sites (tertiary alicyclic amines) is 1. The Morgan fingerprint density at radius 2 is 2.22 bits per heavy atom. The van der Waals surface area contributed by atoms with Crippen LogP contribution in [0.1, 0.15) is 60.5 Å². The topological polar surface area (TPSA) is 46.3 Å². The molecule has 1 unspecified atom stereocenters. The highest BCUT2D eigenvalue weighted by atomic mass is 79.9. The molecule has 2 aromatic rings. The van der Waals surface area contributed by atoms with Crippen LogP contribution in [-0.2, 0) is 6.42 Å². The van der Waals surface area contributed by atoms with E-state index in [0.717, 1.165) is 54.6 Å². The average molecular weight is 377 g/mol. The summed E-state index contributed by atoms with van der Waals surface area (Å²) in [5.74, 6) is 1.90. The largest absolute Gasteiger partial charge is 0.464 e. The lowest BCUT2D eigenvalue weighted by Crippen LogP contribution is -2.34. The first-order chi connectivity index (χ1) is 11.2. The zero-order chi connectivity index (χ0) is 16.2. The van der Waals surface area contributed by atoms with Crippen LogP contribution in [0.15, 0.2) is 39.5 Å². The number of amides is 1. The van der Waals surface area contributed by atoms with E-state index < -0.39 is 0 Å². The number of rotatable bonds is 3. The molecule has 1 aliphatic rings. The van der Waals surface area contributed by atoms with E-state index >= 15 is 0 Å². The Labute approximate surface area is 145 Å². The molecule has 0 aromatic carbocycles. The molecular weight excluding hydrogens is 356 g/mol. The molecule has 0 bridgehead atoms. The van der Waals surface area contributed by atoms with Crippen molar-refractivity contribution in [2.24, 2.45) is 0 Å². The number of halogens is 1. The second kappa shape index (κ2) is 7.30. The number of carbonyl (C=O) groups is 1. The zero-order valence-electron chi connectivity index (χ0n) is 13.3. The Kier molecular flexibility index (Phi) is 5.16. The number of hydrogen-bond acceptors (Lipinski definition) is 3. The van der Waals surface area contributed by atoms with Crippen LogP contribution in [0.25, 0.3) is 0 Å². The van der Waals surface area contributed by atoms with Gasteiger partial charge in [0, 0.05) is 29.8 Å². The minimum absolute atomic E-state index is 0.0179. The monoisotopic (exact) mass is 376 g/mol. The fraction of sp³-hybridized carbons (Fsp3) is 0.444. The van der Waals surface area contributed by atoms with Gasteiger partial charge in [-0.3, -0.25) is 9.78 Å². The SMILES string of the molecule is CCc1ccc(C2CCCCCN2C(=O)c2cncc(Br)c2)o1. The summed E-state index contributed by atoms with van der Waals surface area (Å²) >= 11 is 3.39. The maximum absolute atomic E-state index is 13.0. The second-order valence-electron chi connectivity index (χ2n) is 5.91. The van der Waals surface area contributed by atoms with Crippen molar-refractivity contribution in [3.05, 3.63) is 52.1 Å². The van der Waals surface area contributed by atoms with E-state index in [-0.39, 0.29) is 11.9 Å². The highest BCUT2D eigenvalue weighted by Crippen LogP contribution is 2.32. The molecule has 1 aliphatic heterocycles. The molecule has 0 saturated carbocycles. The standard InChI is InChI=1S/C18H21BrN2O2/c1-2-15-7-8-17(23-15)16-6-4-3-5-9-21(16)18(22)13-10-14(19)12-20-11-13/h7-8,10-12,16H,2-6,9H2,1H3. The quantitative estimate of drug-likeness (QED) is 0.775. The molecule has 1 atom stereocenters. The van der Waals surface area contributed by atoms with Gasteiger partial charge in [-0.25, -0.2) is 0 Å². The van der Waals surface area contributed by atoms with Crippen molar-refractivity contribution in [3.8, 4) is 0 Å².